The van der Waals surface area contributed by atoms with E-state index in [9.17, 15) is 0 Å². The summed E-state index contributed by atoms with van der Waals surface area (Å²) in [5.74, 6) is 7.74. The number of nitrogens with zero attached hydrogens (tertiary/aromatic N) is 2. The fourth-order valence-corrected chi connectivity index (χ4v) is 2.62. The van der Waals surface area contributed by atoms with E-state index in [1.807, 2.05) is 20.8 Å². The molecule has 118 valence electrons. The summed E-state index contributed by atoms with van der Waals surface area (Å²) in [6.45, 7) is 10.2. The zero-order chi connectivity index (χ0) is 15.6. The van der Waals surface area contributed by atoms with E-state index in [4.69, 9.17) is 15.3 Å². The van der Waals surface area contributed by atoms with E-state index in [0.717, 1.165) is 24.2 Å². The first kappa shape index (κ1) is 16.0. The highest BCUT2D eigenvalue weighted by atomic mass is 16.5. The van der Waals surface area contributed by atoms with Crippen LogP contribution in [0.4, 0.5) is 5.82 Å². The molecular formula is C15H26N4O2. The first-order valence-corrected chi connectivity index (χ1v) is 7.58. The number of aromatic nitrogens is 2. The zero-order valence-electron chi connectivity index (χ0n) is 13.5. The molecule has 2 rings (SSSR count). The van der Waals surface area contributed by atoms with Crippen LogP contribution in [0.3, 0.4) is 0 Å². The third-order valence-electron chi connectivity index (χ3n) is 3.70. The van der Waals surface area contributed by atoms with E-state index < -0.39 is 0 Å². The van der Waals surface area contributed by atoms with Gasteiger partial charge in [-0.25, -0.2) is 10.8 Å². The number of hydrogen-bond acceptors (Lipinski definition) is 6. The number of nitrogen functional groups attached to an aromatic ring is 1. The van der Waals surface area contributed by atoms with Crippen molar-refractivity contribution in [3.8, 4) is 5.88 Å². The van der Waals surface area contributed by atoms with Crippen LogP contribution in [0.25, 0.3) is 0 Å². The summed E-state index contributed by atoms with van der Waals surface area (Å²) < 4.78 is 11.9. The maximum absolute atomic E-state index is 6.13. The third kappa shape index (κ3) is 3.83. The normalized spacial score (nSPS) is 26.0. The Bertz CT molecular complexity index is 483. The lowest BCUT2D eigenvalue weighted by atomic mass is 10.0. The SMILES string of the molecule is Cc1c(NN)nc(C(C)C)nc1OC1CC(C)OC(C)C1. The van der Waals surface area contributed by atoms with Gasteiger partial charge in [-0.3, -0.25) is 0 Å². The molecule has 1 aliphatic heterocycles. The molecule has 0 amide bonds. The van der Waals surface area contributed by atoms with Crippen molar-refractivity contribution in [3.63, 3.8) is 0 Å². The molecular weight excluding hydrogens is 268 g/mol. The van der Waals surface area contributed by atoms with Gasteiger partial charge in [0.25, 0.3) is 0 Å². The molecule has 6 nitrogen and oxygen atoms in total. The lowest BCUT2D eigenvalue weighted by molar-refractivity contribution is -0.0731. The van der Waals surface area contributed by atoms with Gasteiger partial charge in [-0.15, -0.1) is 0 Å². The lowest BCUT2D eigenvalue weighted by Crippen LogP contribution is -2.36. The Hall–Kier alpha value is -1.40. The van der Waals surface area contributed by atoms with Gasteiger partial charge in [0.15, 0.2) is 0 Å². The largest absolute Gasteiger partial charge is 0.474 e. The van der Waals surface area contributed by atoms with Crippen molar-refractivity contribution < 1.29 is 9.47 Å². The van der Waals surface area contributed by atoms with Crippen molar-refractivity contribution >= 4 is 5.82 Å². The molecule has 1 aliphatic rings. The van der Waals surface area contributed by atoms with Crippen molar-refractivity contribution in [1.82, 2.24) is 9.97 Å². The van der Waals surface area contributed by atoms with Crippen LogP contribution in [0.1, 0.15) is 57.8 Å². The molecule has 2 unspecified atom stereocenters. The van der Waals surface area contributed by atoms with Crippen molar-refractivity contribution in [3.05, 3.63) is 11.4 Å². The maximum Gasteiger partial charge on any atom is 0.222 e. The van der Waals surface area contributed by atoms with Crippen molar-refractivity contribution in [2.75, 3.05) is 5.43 Å². The zero-order valence-corrected chi connectivity index (χ0v) is 13.5. The topological polar surface area (TPSA) is 82.3 Å². The average molecular weight is 294 g/mol. The standard InChI is InChI=1S/C15H26N4O2/c1-8(2)13-17-14(19-16)11(5)15(18-13)21-12-6-9(3)20-10(4)7-12/h8-10,12H,6-7,16H2,1-5H3,(H,17,18,19). The van der Waals surface area contributed by atoms with E-state index in [1.54, 1.807) is 0 Å². The second-order valence-electron chi connectivity index (χ2n) is 6.13. The molecule has 0 bridgehead atoms. The first-order valence-electron chi connectivity index (χ1n) is 7.58. The van der Waals surface area contributed by atoms with Crippen LogP contribution in [-0.4, -0.2) is 28.3 Å². The predicted octanol–water partition coefficient (Wildman–Crippen LogP) is 2.53. The number of hydrazine groups is 1. The summed E-state index contributed by atoms with van der Waals surface area (Å²) >= 11 is 0. The molecule has 1 fully saturated rings. The first-order chi connectivity index (χ1) is 9.90. The summed E-state index contributed by atoms with van der Waals surface area (Å²) in [5, 5.41) is 0. The fourth-order valence-electron chi connectivity index (χ4n) is 2.62. The minimum absolute atomic E-state index is 0.114. The second-order valence-corrected chi connectivity index (χ2v) is 6.13. The van der Waals surface area contributed by atoms with Gasteiger partial charge >= 0.3 is 0 Å². The van der Waals surface area contributed by atoms with Crippen LogP contribution in [0.2, 0.25) is 0 Å². The van der Waals surface area contributed by atoms with Crippen LogP contribution in [0, 0.1) is 6.92 Å². The minimum Gasteiger partial charge on any atom is -0.474 e. The molecule has 1 aromatic heterocycles. The summed E-state index contributed by atoms with van der Waals surface area (Å²) in [7, 11) is 0. The van der Waals surface area contributed by atoms with Crippen LogP contribution < -0.4 is 16.0 Å². The number of rotatable bonds is 4. The van der Waals surface area contributed by atoms with Crippen LogP contribution in [-0.2, 0) is 4.74 Å². The van der Waals surface area contributed by atoms with Crippen LogP contribution in [0.15, 0.2) is 0 Å². The van der Waals surface area contributed by atoms with Gasteiger partial charge in [-0.1, -0.05) is 13.8 Å². The Balaban J connectivity index is 2.24. The van der Waals surface area contributed by atoms with Gasteiger partial charge in [0.05, 0.1) is 17.8 Å². The minimum atomic E-state index is 0.114. The molecule has 0 radical (unpaired) electrons. The summed E-state index contributed by atoms with van der Waals surface area (Å²) in [6, 6.07) is 0. The number of anilines is 1. The molecule has 1 saturated heterocycles. The van der Waals surface area contributed by atoms with Crippen molar-refractivity contribution in [2.24, 2.45) is 5.84 Å². The summed E-state index contributed by atoms with van der Waals surface area (Å²) in [5.41, 5.74) is 3.47. The molecule has 0 aliphatic carbocycles. The highest BCUT2D eigenvalue weighted by Crippen LogP contribution is 2.28. The number of hydrogen-bond donors (Lipinski definition) is 2. The van der Waals surface area contributed by atoms with Crippen LogP contribution in [0.5, 0.6) is 5.88 Å². The smallest absolute Gasteiger partial charge is 0.222 e. The molecule has 0 aromatic carbocycles. The van der Waals surface area contributed by atoms with Gasteiger partial charge < -0.3 is 14.9 Å². The molecule has 0 saturated carbocycles. The van der Waals surface area contributed by atoms with Gasteiger partial charge in [0.1, 0.15) is 17.7 Å². The second kappa shape index (κ2) is 6.58. The number of nitrogens with two attached hydrogens (primary N) is 1. The van der Waals surface area contributed by atoms with Gasteiger partial charge in [0.2, 0.25) is 5.88 Å². The summed E-state index contributed by atoms with van der Waals surface area (Å²) in [6.07, 6.45) is 2.27. The van der Waals surface area contributed by atoms with E-state index in [2.05, 4.69) is 29.2 Å². The average Bonchev–Trinajstić information content (AvgIpc) is 2.39. The molecule has 1 aromatic rings. The van der Waals surface area contributed by atoms with Crippen LogP contribution >= 0.6 is 0 Å². The number of ether oxygens (including phenoxy) is 2. The highest BCUT2D eigenvalue weighted by molar-refractivity contribution is 5.47. The third-order valence-corrected chi connectivity index (χ3v) is 3.70. The van der Waals surface area contributed by atoms with E-state index in [-0.39, 0.29) is 24.2 Å². The van der Waals surface area contributed by atoms with E-state index in [1.165, 1.54) is 0 Å². The Kier molecular flexibility index (Phi) is 5.00. The monoisotopic (exact) mass is 294 g/mol. The van der Waals surface area contributed by atoms with Gasteiger partial charge in [0, 0.05) is 18.8 Å². The molecule has 2 heterocycles. The number of nitrogens with one attached hydrogen (secondary N) is 1. The molecule has 3 N–H and O–H groups in total. The molecule has 2 atom stereocenters. The Labute approximate surface area is 126 Å². The predicted molar refractivity (Wildman–Crippen MR) is 82.3 cm³/mol. The van der Waals surface area contributed by atoms with Gasteiger partial charge in [-0.05, 0) is 20.8 Å². The molecule has 0 spiro atoms. The Morgan fingerprint density at radius 3 is 2.38 bits per heavy atom. The fraction of sp³-hybridized carbons (Fsp3) is 0.733. The van der Waals surface area contributed by atoms with Crippen molar-refractivity contribution in [1.29, 1.82) is 0 Å². The highest BCUT2D eigenvalue weighted by Gasteiger charge is 2.27. The van der Waals surface area contributed by atoms with Gasteiger partial charge in [-0.2, -0.15) is 4.98 Å². The van der Waals surface area contributed by atoms with E-state index in [0.29, 0.717) is 11.7 Å². The Morgan fingerprint density at radius 2 is 1.86 bits per heavy atom. The lowest BCUT2D eigenvalue weighted by Gasteiger charge is -2.32. The maximum atomic E-state index is 6.13. The summed E-state index contributed by atoms with van der Waals surface area (Å²) in [4.78, 5) is 8.98. The molecule has 21 heavy (non-hydrogen) atoms. The Morgan fingerprint density at radius 1 is 1.24 bits per heavy atom. The molecule has 6 heteroatoms. The van der Waals surface area contributed by atoms with Crippen molar-refractivity contribution in [2.45, 2.75) is 71.7 Å². The van der Waals surface area contributed by atoms with E-state index >= 15 is 0 Å². The quantitative estimate of drug-likeness (QED) is 0.656.